The third-order valence-corrected chi connectivity index (χ3v) is 5.01. The second-order valence-corrected chi connectivity index (χ2v) is 7.21. The molecule has 1 aliphatic carbocycles. The first kappa shape index (κ1) is 20.4. The summed E-state index contributed by atoms with van der Waals surface area (Å²) in [5.74, 6) is -1.02. The third kappa shape index (κ3) is 4.22. The molecule has 4 N–H and O–H groups in total. The Morgan fingerprint density at radius 2 is 2.03 bits per heavy atom. The fourth-order valence-electron chi connectivity index (χ4n) is 3.35. The van der Waals surface area contributed by atoms with Crippen molar-refractivity contribution in [3.63, 3.8) is 0 Å². The number of carboxylic acids is 1. The number of rotatable bonds is 7. The van der Waals surface area contributed by atoms with E-state index in [2.05, 4.69) is 15.3 Å². The van der Waals surface area contributed by atoms with E-state index in [1.165, 1.54) is 6.07 Å². The number of fused-ring (bicyclic) bond motifs is 4. The molecule has 9 nitrogen and oxygen atoms in total. The zero-order valence-electron chi connectivity index (χ0n) is 16.5. The van der Waals surface area contributed by atoms with Crippen LogP contribution < -0.4 is 16.5 Å². The lowest BCUT2D eigenvalue weighted by atomic mass is 10.1. The van der Waals surface area contributed by atoms with Crippen molar-refractivity contribution in [3.05, 3.63) is 58.4 Å². The average Bonchev–Trinajstić information content (AvgIpc) is 2.77. The van der Waals surface area contributed by atoms with E-state index < -0.39 is 12.0 Å². The molecule has 31 heavy (non-hydrogen) atoms. The number of carboxylic acid groups (broad SMARTS) is 1. The van der Waals surface area contributed by atoms with E-state index in [-0.39, 0.29) is 11.3 Å². The van der Waals surface area contributed by atoms with E-state index in [1.54, 1.807) is 36.5 Å². The minimum absolute atomic E-state index is 0.211. The molecule has 1 aromatic heterocycles. The Kier molecular flexibility index (Phi) is 5.59. The van der Waals surface area contributed by atoms with Gasteiger partial charge < -0.3 is 20.6 Å². The minimum Gasteiger partial charge on any atom is -0.480 e. The van der Waals surface area contributed by atoms with E-state index in [0.717, 1.165) is 0 Å². The molecule has 1 atom stereocenters. The van der Waals surface area contributed by atoms with Crippen LogP contribution in [-0.4, -0.2) is 39.5 Å². The molecular formula is C22H20N4O5. The zero-order valence-corrected chi connectivity index (χ0v) is 16.5. The Morgan fingerprint density at radius 3 is 2.84 bits per heavy atom. The molecule has 0 saturated heterocycles. The standard InChI is InChI=1S/C22H20N4O5/c23-14(22(29)30)5-1-2-8-25-21(28)12-6-7-15-17(10-12)31-18-11-16(27)13-4-3-9-24-19(13)20(18)26-15/h3-4,6-7,9-11,14H,1-2,5,8,23H2,(H,25,28)(H,29,30)/t14-/m0/s1. The average molecular weight is 420 g/mol. The van der Waals surface area contributed by atoms with Crippen LogP contribution >= 0.6 is 0 Å². The van der Waals surface area contributed by atoms with Gasteiger partial charge in [-0.25, -0.2) is 4.98 Å². The Balaban J connectivity index is 1.53. The topological polar surface area (TPSA) is 148 Å². The Hall–Kier alpha value is -3.85. The van der Waals surface area contributed by atoms with Crippen LogP contribution in [0.25, 0.3) is 33.5 Å². The van der Waals surface area contributed by atoms with E-state index in [4.69, 9.17) is 15.3 Å². The summed E-state index contributed by atoms with van der Waals surface area (Å²) in [5.41, 5.74) is 7.51. The number of nitrogens with zero attached hydrogens (tertiary/aromatic N) is 2. The summed E-state index contributed by atoms with van der Waals surface area (Å²) >= 11 is 0. The Morgan fingerprint density at radius 1 is 1.19 bits per heavy atom. The number of aromatic nitrogens is 2. The van der Waals surface area contributed by atoms with Gasteiger partial charge in [0.1, 0.15) is 22.8 Å². The summed E-state index contributed by atoms with van der Waals surface area (Å²) < 4.78 is 5.87. The fraction of sp³-hybridized carbons (Fsp3) is 0.227. The van der Waals surface area contributed by atoms with Crippen molar-refractivity contribution in [2.75, 3.05) is 6.54 Å². The number of amides is 1. The largest absolute Gasteiger partial charge is 0.480 e. The lowest BCUT2D eigenvalue weighted by Crippen LogP contribution is -2.30. The van der Waals surface area contributed by atoms with Crippen molar-refractivity contribution in [1.29, 1.82) is 0 Å². The Bertz CT molecular complexity index is 1320. The Labute approximate surface area is 176 Å². The van der Waals surface area contributed by atoms with Gasteiger partial charge >= 0.3 is 5.97 Å². The molecule has 0 bridgehead atoms. The van der Waals surface area contributed by atoms with Crippen LogP contribution in [0.1, 0.15) is 29.6 Å². The van der Waals surface area contributed by atoms with Gasteiger partial charge in [-0.1, -0.05) is 0 Å². The third-order valence-electron chi connectivity index (χ3n) is 5.01. The lowest BCUT2D eigenvalue weighted by molar-refractivity contribution is -0.138. The molecule has 1 amide bonds. The molecule has 0 spiro atoms. The number of carbonyl (C=O) groups is 2. The lowest BCUT2D eigenvalue weighted by Gasteiger charge is -2.10. The van der Waals surface area contributed by atoms with Crippen molar-refractivity contribution in [3.8, 4) is 11.5 Å². The normalized spacial score (nSPS) is 12.3. The predicted molar refractivity (Wildman–Crippen MR) is 114 cm³/mol. The number of nitrogens with two attached hydrogens (primary N) is 1. The molecule has 2 aliphatic rings. The smallest absolute Gasteiger partial charge is 0.320 e. The van der Waals surface area contributed by atoms with Gasteiger partial charge in [0.15, 0.2) is 16.8 Å². The molecule has 0 unspecified atom stereocenters. The highest BCUT2D eigenvalue weighted by atomic mass is 16.4. The van der Waals surface area contributed by atoms with Gasteiger partial charge in [0.05, 0.1) is 5.39 Å². The van der Waals surface area contributed by atoms with Gasteiger partial charge in [-0.2, -0.15) is 0 Å². The van der Waals surface area contributed by atoms with Crippen molar-refractivity contribution in [1.82, 2.24) is 15.3 Å². The zero-order chi connectivity index (χ0) is 22.0. The van der Waals surface area contributed by atoms with E-state index in [9.17, 15) is 14.4 Å². The quantitative estimate of drug-likeness (QED) is 0.234. The molecule has 0 radical (unpaired) electrons. The molecule has 0 fully saturated rings. The first-order chi connectivity index (χ1) is 14.9. The molecule has 4 rings (SSSR count). The summed E-state index contributed by atoms with van der Waals surface area (Å²) in [4.78, 5) is 44.3. The summed E-state index contributed by atoms with van der Waals surface area (Å²) in [5, 5.41) is 12.0. The number of benzene rings is 2. The molecule has 1 aromatic carbocycles. The first-order valence-corrected chi connectivity index (χ1v) is 9.83. The van der Waals surface area contributed by atoms with Crippen LogP contribution in [0, 0.1) is 0 Å². The van der Waals surface area contributed by atoms with Crippen molar-refractivity contribution in [2.45, 2.75) is 25.3 Å². The van der Waals surface area contributed by atoms with E-state index in [0.29, 0.717) is 64.8 Å². The van der Waals surface area contributed by atoms with Gasteiger partial charge in [0.25, 0.3) is 5.91 Å². The molecule has 9 heteroatoms. The van der Waals surface area contributed by atoms with Gasteiger partial charge in [0.2, 0.25) is 0 Å². The SMILES string of the molecule is N[C@@H](CCCCNC(=O)c1ccc2nc3c4ncccc4c(=O)cc-3oc2c1)C(=O)O. The summed E-state index contributed by atoms with van der Waals surface area (Å²) in [7, 11) is 0. The maximum absolute atomic E-state index is 12.4. The monoisotopic (exact) mass is 420 g/mol. The van der Waals surface area contributed by atoms with Gasteiger partial charge in [0, 0.05) is 24.4 Å². The number of nitrogens with one attached hydrogen (secondary N) is 1. The summed E-state index contributed by atoms with van der Waals surface area (Å²) in [6.07, 6.45) is 3.15. The molecule has 1 aliphatic heterocycles. The van der Waals surface area contributed by atoms with Gasteiger partial charge in [-0.15, -0.1) is 0 Å². The minimum atomic E-state index is -1.03. The number of unbranched alkanes of at least 4 members (excludes halogenated alkanes) is 1. The van der Waals surface area contributed by atoms with Gasteiger partial charge in [-0.3, -0.25) is 19.4 Å². The highest BCUT2D eigenvalue weighted by Gasteiger charge is 2.17. The number of pyridine rings is 1. The predicted octanol–water partition coefficient (Wildman–Crippen LogP) is 2.15. The van der Waals surface area contributed by atoms with E-state index in [1.807, 2.05) is 0 Å². The van der Waals surface area contributed by atoms with Crippen LogP contribution in [0.15, 0.2) is 51.8 Å². The maximum Gasteiger partial charge on any atom is 0.320 e. The van der Waals surface area contributed by atoms with Crippen LogP contribution in [0.5, 0.6) is 0 Å². The maximum atomic E-state index is 12.4. The number of hydrogen-bond acceptors (Lipinski definition) is 7. The summed E-state index contributed by atoms with van der Waals surface area (Å²) in [6.45, 7) is 0.396. The summed E-state index contributed by atoms with van der Waals surface area (Å²) in [6, 6.07) is 8.77. The first-order valence-electron chi connectivity index (χ1n) is 9.83. The van der Waals surface area contributed by atoms with Crippen LogP contribution in [0.4, 0.5) is 0 Å². The second kappa shape index (κ2) is 8.49. The second-order valence-electron chi connectivity index (χ2n) is 7.21. The van der Waals surface area contributed by atoms with Crippen molar-refractivity contribution < 1.29 is 19.1 Å². The highest BCUT2D eigenvalue weighted by molar-refractivity contribution is 5.98. The highest BCUT2D eigenvalue weighted by Crippen LogP contribution is 2.29. The van der Waals surface area contributed by atoms with Crippen molar-refractivity contribution in [2.24, 2.45) is 5.73 Å². The number of aliphatic carboxylic acids is 1. The van der Waals surface area contributed by atoms with E-state index >= 15 is 0 Å². The molecular weight excluding hydrogens is 400 g/mol. The van der Waals surface area contributed by atoms with Crippen LogP contribution in [0.3, 0.4) is 0 Å². The van der Waals surface area contributed by atoms with Crippen LogP contribution in [0.2, 0.25) is 0 Å². The van der Waals surface area contributed by atoms with Gasteiger partial charge in [-0.05, 0) is 49.6 Å². The number of hydrogen-bond donors (Lipinski definition) is 3. The molecule has 0 saturated carbocycles. The molecule has 158 valence electrons. The molecule has 2 aromatic rings. The molecule has 2 heterocycles. The fourth-order valence-corrected chi connectivity index (χ4v) is 3.35. The van der Waals surface area contributed by atoms with Crippen molar-refractivity contribution >= 4 is 33.9 Å². The van der Waals surface area contributed by atoms with Crippen LogP contribution in [-0.2, 0) is 4.79 Å². The number of carbonyl (C=O) groups excluding carboxylic acids is 1.